The second-order valence-electron chi connectivity index (χ2n) is 10.3. The van der Waals surface area contributed by atoms with Gasteiger partial charge in [0.15, 0.2) is 0 Å². The molecule has 37 heavy (non-hydrogen) atoms. The van der Waals surface area contributed by atoms with Crippen LogP contribution in [-0.2, 0) is 4.79 Å². The third kappa shape index (κ3) is 8.31. The van der Waals surface area contributed by atoms with Gasteiger partial charge in [-0.3, -0.25) is 19.3 Å². The Hall–Kier alpha value is -2.89. The molecule has 202 valence electrons. The number of aliphatic carboxylic acids is 1. The van der Waals surface area contributed by atoms with E-state index in [0.717, 1.165) is 87.2 Å². The van der Waals surface area contributed by atoms with Gasteiger partial charge in [-0.15, -0.1) is 0 Å². The van der Waals surface area contributed by atoms with Crippen molar-refractivity contribution in [1.29, 1.82) is 0 Å². The molecule has 1 heterocycles. The first-order valence-electron chi connectivity index (χ1n) is 14.4. The minimum atomic E-state index is -0.712. The minimum Gasteiger partial charge on any atom is -0.481 e. The first-order valence-corrected chi connectivity index (χ1v) is 14.4. The van der Waals surface area contributed by atoms with E-state index in [2.05, 4.69) is 12.2 Å². The maximum Gasteiger partial charge on any atom is 0.303 e. The number of nitrogens with zero attached hydrogens (tertiary/aromatic N) is 1. The van der Waals surface area contributed by atoms with Crippen LogP contribution in [0, 0.1) is 0 Å². The molecule has 6 nitrogen and oxygen atoms in total. The first-order chi connectivity index (χ1) is 18.0. The standard InChI is InChI=1S/C31H44N2O4/c1-2-3-4-11-14-22-32-27-21-20-26-29-24(27)17-16-18-25(29)30(36)33(31(26)37)23-15-12-9-7-5-6-8-10-13-19-28(34)35/h16-18,20-21,32H,2-15,19,22-23H2,1H3,(H,34,35). The highest BCUT2D eigenvalue weighted by molar-refractivity contribution is 6.26. The van der Waals surface area contributed by atoms with Crippen LogP contribution in [0.25, 0.3) is 10.8 Å². The summed E-state index contributed by atoms with van der Waals surface area (Å²) in [5.41, 5.74) is 2.25. The van der Waals surface area contributed by atoms with Crippen LogP contribution in [0.2, 0.25) is 0 Å². The maximum atomic E-state index is 13.3. The van der Waals surface area contributed by atoms with Crippen molar-refractivity contribution < 1.29 is 19.5 Å². The van der Waals surface area contributed by atoms with E-state index in [1.165, 1.54) is 30.6 Å². The molecular formula is C31H44N2O4. The van der Waals surface area contributed by atoms with Crippen molar-refractivity contribution in [3.63, 3.8) is 0 Å². The molecule has 0 fully saturated rings. The van der Waals surface area contributed by atoms with Crippen molar-refractivity contribution in [2.24, 2.45) is 0 Å². The van der Waals surface area contributed by atoms with Crippen molar-refractivity contribution >= 4 is 34.2 Å². The van der Waals surface area contributed by atoms with Gasteiger partial charge in [0.1, 0.15) is 0 Å². The zero-order valence-electron chi connectivity index (χ0n) is 22.5. The Morgan fingerprint density at radius 1 is 0.757 bits per heavy atom. The van der Waals surface area contributed by atoms with Gasteiger partial charge in [0, 0.05) is 47.1 Å². The Morgan fingerprint density at radius 3 is 2.03 bits per heavy atom. The molecule has 0 atom stereocenters. The fraction of sp³-hybridized carbons (Fsp3) is 0.581. The molecule has 1 aliphatic heterocycles. The quantitative estimate of drug-likeness (QED) is 0.149. The Balaban J connectivity index is 1.46. The molecule has 0 aliphatic carbocycles. The fourth-order valence-corrected chi connectivity index (χ4v) is 5.24. The number of imide groups is 1. The van der Waals surface area contributed by atoms with E-state index in [9.17, 15) is 14.4 Å². The molecule has 0 aromatic heterocycles. The molecular weight excluding hydrogens is 464 g/mol. The molecule has 2 N–H and O–H groups in total. The van der Waals surface area contributed by atoms with Crippen molar-refractivity contribution in [3.8, 4) is 0 Å². The monoisotopic (exact) mass is 508 g/mol. The van der Waals surface area contributed by atoms with E-state index >= 15 is 0 Å². The van der Waals surface area contributed by atoms with Crippen LogP contribution in [0.15, 0.2) is 30.3 Å². The number of anilines is 1. The fourth-order valence-electron chi connectivity index (χ4n) is 5.24. The summed E-state index contributed by atoms with van der Waals surface area (Å²) in [6.07, 6.45) is 15.5. The Labute approximate surface area is 221 Å². The molecule has 0 spiro atoms. The Bertz CT molecular complexity index is 1030. The number of amides is 2. The summed E-state index contributed by atoms with van der Waals surface area (Å²) in [7, 11) is 0. The van der Waals surface area contributed by atoms with Gasteiger partial charge in [-0.2, -0.15) is 0 Å². The van der Waals surface area contributed by atoms with E-state index in [-0.39, 0.29) is 18.2 Å². The van der Waals surface area contributed by atoms with Crippen molar-refractivity contribution in [2.75, 3.05) is 18.4 Å². The SMILES string of the molecule is CCCCCCCNc1ccc2c3c(cccc13)C(=O)N(CCCCCCCCCCCC(=O)O)C2=O. The molecule has 0 saturated heterocycles. The topological polar surface area (TPSA) is 86.7 Å². The maximum absolute atomic E-state index is 13.3. The van der Waals surface area contributed by atoms with Crippen LogP contribution >= 0.6 is 0 Å². The predicted molar refractivity (Wildman–Crippen MR) is 150 cm³/mol. The van der Waals surface area contributed by atoms with Gasteiger partial charge in [-0.25, -0.2) is 0 Å². The molecule has 0 bridgehead atoms. The summed E-state index contributed by atoms with van der Waals surface area (Å²) in [4.78, 5) is 38.5. The van der Waals surface area contributed by atoms with Gasteiger partial charge in [-0.05, 0) is 37.5 Å². The highest BCUT2D eigenvalue weighted by atomic mass is 16.4. The number of hydrogen-bond donors (Lipinski definition) is 2. The number of unbranched alkanes of at least 4 members (excludes halogenated alkanes) is 12. The van der Waals surface area contributed by atoms with Gasteiger partial charge in [0.25, 0.3) is 11.8 Å². The summed E-state index contributed by atoms with van der Waals surface area (Å²) in [6, 6.07) is 9.63. The number of nitrogens with one attached hydrogen (secondary N) is 1. The Morgan fingerprint density at radius 2 is 1.35 bits per heavy atom. The predicted octanol–water partition coefficient (Wildman–Crippen LogP) is 7.80. The number of carbonyl (C=O) groups is 3. The van der Waals surface area contributed by atoms with Gasteiger partial charge >= 0.3 is 5.97 Å². The average Bonchev–Trinajstić information content (AvgIpc) is 2.89. The smallest absolute Gasteiger partial charge is 0.303 e. The van der Waals surface area contributed by atoms with Crippen molar-refractivity contribution in [1.82, 2.24) is 4.90 Å². The normalized spacial score (nSPS) is 12.9. The number of carboxylic acid groups (broad SMARTS) is 1. The van der Waals surface area contributed by atoms with Crippen LogP contribution in [-0.4, -0.2) is 40.9 Å². The lowest BCUT2D eigenvalue weighted by Gasteiger charge is -2.28. The second kappa shape index (κ2) is 15.4. The molecule has 0 unspecified atom stereocenters. The third-order valence-electron chi connectivity index (χ3n) is 7.36. The molecule has 2 amide bonds. The number of benzene rings is 2. The van der Waals surface area contributed by atoms with Gasteiger partial charge in [0.2, 0.25) is 0 Å². The molecule has 1 aliphatic rings. The average molecular weight is 509 g/mol. The summed E-state index contributed by atoms with van der Waals surface area (Å²) < 4.78 is 0. The van der Waals surface area contributed by atoms with Gasteiger partial charge in [0.05, 0.1) is 0 Å². The lowest BCUT2D eigenvalue weighted by atomic mass is 9.92. The summed E-state index contributed by atoms with van der Waals surface area (Å²) >= 11 is 0. The van der Waals surface area contributed by atoms with Crippen LogP contribution in [0.4, 0.5) is 5.69 Å². The van der Waals surface area contributed by atoms with Crippen molar-refractivity contribution in [2.45, 2.75) is 103 Å². The minimum absolute atomic E-state index is 0.179. The first kappa shape index (κ1) is 28.7. The van der Waals surface area contributed by atoms with E-state index in [0.29, 0.717) is 17.7 Å². The summed E-state index contributed by atoms with van der Waals surface area (Å²) in [5, 5.41) is 13.9. The largest absolute Gasteiger partial charge is 0.481 e. The van der Waals surface area contributed by atoms with E-state index in [1.54, 1.807) is 0 Å². The van der Waals surface area contributed by atoms with Crippen LogP contribution < -0.4 is 5.32 Å². The number of carboxylic acids is 1. The second-order valence-corrected chi connectivity index (χ2v) is 10.3. The molecule has 2 aromatic carbocycles. The summed E-state index contributed by atoms with van der Waals surface area (Å²) in [5.74, 6) is -1.07. The zero-order valence-corrected chi connectivity index (χ0v) is 22.5. The van der Waals surface area contributed by atoms with Crippen LogP contribution in [0.1, 0.15) is 124 Å². The van der Waals surface area contributed by atoms with Crippen molar-refractivity contribution in [3.05, 3.63) is 41.5 Å². The van der Waals surface area contributed by atoms with Crippen LogP contribution in [0.3, 0.4) is 0 Å². The van der Waals surface area contributed by atoms with Crippen LogP contribution in [0.5, 0.6) is 0 Å². The molecule has 3 rings (SSSR count). The highest BCUT2D eigenvalue weighted by Gasteiger charge is 2.32. The molecule has 0 saturated carbocycles. The lowest BCUT2D eigenvalue weighted by molar-refractivity contribution is -0.137. The van der Waals surface area contributed by atoms with E-state index in [4.69, 9.17) is 5.11 Å². The summed E-state index contributed by atoms with van der Waals surface area (Å²) in [6.45, 7) is 3.57. The number of carbonyl (C=O) groups excluding carboxylic acids is 2. The number of rotatable bonds is 19. The number of hydrogen-bond acceptors (Lipinski definition) is 4. The third-order valence-corrected chi connectivity index (χ3v) is 7.36. The lowest BCUT2D eigenvalue weighted by Crippen LogP contribution is -2.40. The Kier molecular flexibility index (Phi) is 11.9. The van der Waals surface area contributed by atoms with E-state index < -0.39 is 5.97 Å². The molecule has 6 heteroatoms. The zero-order chi connectivity index (χ0) is 26.5. The molecule has 0 radical (unpaired) electrons. The molecule has 2 aromatic rings. The van der Waals surface area contributed by atoms with Gasteiger partial charge in [-0.1, -0.05) is 89.7 Å². The van der Waals surface area contributed by atoms with E-state index in [1.807, 2.05) is 30.3 Å². The highest BCUT2D eigenvalue weighted by Crippen LogP contribution is 2.34. The van der Waals surface area contributed by atoms with Gasteiger partial charge < -0.3 is 10.4 Å².